The summed E-state index contributed by atoms with van der Waals surface area (Å²) in [4.78, 5) is 0. The first-order valence-electron chi connectivity index (χ1n) is 6.96. The van der Waals surface area contributed by atoms with Crippen LogP contribution in [0.2, 0.25) is 0 Å². The molecule has 1 aliphatic rings. The number of nitrogens with zero attached hydrogens (tertiary/aromatic N) is 2. The molecule has 1 heterocycles. The van der Waals surface area contributed by atoms with Gasteiger partial charge in [0.05, 0.1) is 17.4 Å². The zero-order chi connectivity index (χ0) is 12.3. The van der Waals surface area contributed by atoms with Crippen LogP contribution < -0.4 is 5.32 Å². The van der Waals surface area contributed by atoms with E-state index in [1.807, 2.05) is 0 Å². The Labute approximate surface area is 105 Å². The molecule has 96 valence electrons. The standard InChI is InChI=1S/C14H25N3/c1-4-9-15-14(12-7-5-6-8-12)13-10-11(2)16-17(13)3/h10,12,14-15H,4-9H2,1-3H3. The lowest BCUT2D eigenvalue weighted by Crippen LogP contribution is -2.29. The van der Waals surface area contributed by atoms with Crippen molar-refractivity contribution in [3.05, 3.63) is 17.5 Å². The lowest BCUT2D eigenvalue weighted by Gasteiger charge is -2.24. The first-order valence-corrected chi connectivity index (χ1v) is 6.96. The summed E-state index contributed by atoms with van der Waals surface area (Å²) in [5.74, 6) is 0.802. The van der Waals surface area contributed by atoms with Crippen LogP contribution in [-0.2, 0) is 7.05 Å². The summed E-state index contributed by atoms with van der Waals surface area (Å²) in [5, 5.41) is 8.21. The van der Waals surface area contributed by atoms with Crippen LogP contribution in [0.25, 0.3) is 0 Å². The normalized spacial score (nSPS) is 18.8. The average molecular weight is 235 g/mol. The maximum absolute atomic E-state index is 4.49. The van der Waals surface area contributed by atoms with E-state index in [-0.39, 0.29) is 0 Å². The molecular weight excluding hydrogens is 210 g/mol. The van der Waals surface area contributed by atoms with Gasteiger partial charge in [0.15, 0.2) is 0 Å². The van der Waals surface area contributed by atoms with E-state index in [9.17, 15) is 0 Å². The Morgan fingerprint density at radius 2 is 2.18 bits per heavy atom. The Morgan fingerprint density at radius 3 is 2.71 bits per heavy atom. The van der Waals surface area contributed by atoms with Crippen molar-refractivity contribution in [1.82, 2.24) is 15.1 Å². The fraction of sp³-hybridized carbons (Fsp3) is 0.786. The lowest BCUT2D eigenvalue weighted by atomic mass is 9.95. The Kier molecular flexibility index (Phi) is 4.21. The summed E-state index contributed by atoms with van der Waals surface area (Å²) in [6.07, 6.45) is 6.72. The molecule has 1 fully saturated rings. The van der Waals surface area contributed by atoms with Gasteiger partial charge in [0.25, 0.3) is 0 Å². The monoisotopic (exact) mass is 235 g/mol. The van der Waals surface area contributed by atoms with Crippen molar-refractivity contribution < 1.29 is 0 Å². The van der Waals surface area contributed by atoms with Crippen molar-refractivity contribution >= 4 is 0 Å². The second kappa shape index (κ2) is 5.67. The molecule has 2 rings (SSSR count). The summed E-state index contributed by atoms with van der Waals surface area (Å²) in [6.45, 7) is 5.41. The molecule has 0 bridgehead atoms. The van der Waals surface area contributed by atoms with Crippen LogP contribution in [0.3, 0.4) is 0 Å². The SMILES string of the molecule is CCCNC(c1cc(C)nn1C)C1CCCC1. The van der Waals surface area contributed by atoms with Gasteiger partial charge in [0.2, 0.25) is 0 Å². The molecule has 1 unspecified atom stereocenters. The molecule has 1 saturated carbocycles. The maximum atomic E-state index is 4.49. The van der Waals surface area contributed by atoms with Crippen molar-refractivity contribution in [1.29, 1.82) is 0 Å². The molecule has 1 aliphatic carbocycles. The Bertz CT molecular complexity index is 350. The van der Waals surface area contributed by atoms with Crippen LogP contribution in [0, 0.1) is 12.8 Å². The summed E-state index contributed by atoms with van der Waals surface area (Å²) < 4.78 is 2.06. The fourth-order valence-corrected chi connectivity index (χ4v) is 3.02. The van der Waals surface area contributed by atoms with Crippen LogP contribution in [0.1, 0.15) is 56.5 Å². The van der Waals surface area contributed by atoms with E-state index < -0.39 is 0 Å². The van der Waals surface area contributed by atoms with Gasteiger partial charge < -0.3 is 5.32 Å². The number of aromatic nitrogens is 2. The summed E-state index contributed by atoms with van der Waals surface area (Å²) in [7, 11) is 2.07. The molecule has 0 saturated heterocycles. The largest absolute Gasteiger partial charge is 0.308 e. The summed E-state index contributed by atoms with van der Waals surface area (Å²) in [5.41, 5.74) is 2.49. The fourth-order valence-electron chi connectivity index (χ4n) is 3.02. The van der Waals surface area contributed by atoms with Gasteiger partial charge in [-0.25, -0.2) is 0 Å². The van der Waals surface area contributed by atoms with Gasteiger partial charge in [-0.05, 0) is 44.7 Å². The van der Waals surface area contributed by atoms with E-state index in [2.05, 4.69) is 42.1 Å². The van der Waals surface area contributed by atoms with E-state index in [1.54, 1.807) is 0 Å². The van der Waals surface area contributed by atoms with Crippen molar-refractivity contribution in [3.63, 3.8) is 0 Å². The molecule has 17 heavy (non-hydrogen) atoms. The number of rotatable bonds is 5. The number of nitrogens with one attached hydrogen (secondary N) is 1. The number of hydrogen-bond donors (Lipinski definition) is 1. The molecule has 0 radical (unpaired) electrons. The van der Waals surface area contributed by atoms with Crippen LogP contribution in [0.4, 0.5) is 0 Å². The molecule has 3 nitrogen and oxygen atoms in total. The highest BCUT2D eigenvalue weighted by atomic mass is 15.3. The van der Waals surface area contributed by atoms with Gasteiger partial charge in [0.1, 0.15) is 0 Å². The highest BCUT2D eigenvalue weighted by Gasteiger charge is 2.27. The predicted octanol–water partition coefficient (Wildman–Crippen LogP) is 2.96. The maximum Gasteiger partial charge on any atom is 0.0597 e. The van der Waals surface area contributed by atoms with Crippen molar-refractivity contribution in [2.45, 2.75) is 52.0 Å². The molecule has 0 spiro atoms. The topological polar surface area (TPSA) is 29.9 Å². The molecule has 1 atom stereocenters. The first kappa shape index (κ1) is 12.6. The minimum absolute atomic E-state index is 0.503. The zero-order valence-corrected chi connectivity index (χ0v) is 11.4. The first-order chi connectivity index (χ1) is 8.22. The van der Waals surface area contributed by atoms with Crippen LogP contribution in [0.15, 0.2) is 6.07 Å². The van der Waals surface area contributed by atoms with E-state index in [4.69, 9.17) is 0 Å². The third kappa shape index (κ3) is 2.89. The molecule has 1 aromatic rings. The zero-order valence-electron chi connectivity index (χ0n) is 11.4. The summed E-state index contributed by atoms with van der Waals surface area (Å²) >= 11 is 0. The third-order valence-corrected chi connectivity index (χ3v) is 3.84. The molecule has 0 aliphatic heterocycles. The van der Waals surface area contributed by atoms with E-state index >= 15 is 0 Å². The third-order valence-electron chi connectivity index (χ3n) is 3.84. The predicted molar refractivity (Wildman–Crippen MR) is 70.9 cm³/mol. The van der Waals surface area contributed by atoms with Crippen molar-refractivity contribution in [3.8, 4) is 0 Å². The van der Waals surface area contributed by atoms with Gasteiger partial charge in [-0.3, -0.25) is 4.68 Å². The minimum atomic E-state index is 0.503. The number of aryl methyl sites for hydroxylation is 2. The van der Waals surface area contributed by atoms with E-state index in [0.29, 0.717) is 6.04 Å². The van der Waals surface area contributed by atoms with Crippen molar-refractivity contribution in [2.24, 2.45) is 13.0 Å². The second-order valence-corrected chi connectivity index (χ2v) is 5.31. The summed E-state index contributed by atoms with van der Waals surface area (Å²) in [6, 6.07) is 2.75. The van der Waals surface area contributed by atoms with Gasteiger partial charge >= 0.3 is 0 Å². The Balaban J connectivity index is 2.16. The van der Waals surface area contributed by atoms with E-state index in [1.165, 1.54) is 37.8 Å². The average Bonchev–Trinajstić information content (AvgIpc) is 2.90. The van der Waals surface area contributed by atoms with Gasteiger partial charge in [-0.1, -0.05) is 19.8 Å². The minimum Gasteiger partial charge on any atom is -0.308 e. The Morgan fingerprint density at radius 1 is 1.47 bits per heavy atom. The lowest BCUT2D eigenvalue weighted by molar-refractivity contribution is 0.351. The van der Waals surface area contributed by atoms with Crippen LogP contribution >= 0.6 is 0 Å². The van der Waals surface area contributed by atoms with Crippen LogP contribution in [0.5, 0.6) is 0 Å². The molecule has 1 N–H and O–H groups in total. The highest BCUT2D eigenvalue weighted by molar-refractivity contribution is 5.14. The Hall–Kier alpha value is -0.830. The van der Waals surface area contributed by atoms with Gasteiger partial charge in [0, 0.05) is 7.05 Å². The highest BCUT2D eigenvalue weighted by Crippen LogP contribution is 2.35. The molecular formula is C14H25N3. The van der Waals surface area contributed by atoms with Crippen molar-refractivity contribution in [2.75, 3.05) is 6.54 Å². The van der Waals surface area contributed by atoms with Crippen LogP contribution in [-0.4, -0.2) is 16.3 Å². The quantitative estimate of drug-likeness (QED) is 0.850. The number of hydrogen-bond acceptors (Lipinski definition) is 2. The van der Waals surface area contributed by atoms with Gasteiger partial charge in [-0.15, -0.1) is 0 Å². The molecule has 0 aromatic carbocycles. The molecule has 1 aromatic heterocycles. The second-order valence-electron chi connectivity index (χ2n) is 5.31. The smallest absolute Gasteiger partial charge is 0.0597 e. The molecule has 0 amide bonds. The molecule has 3 heteroatoms. The van der Waals surface area contributed by atoms with E-state index in [0.717, 1.165) is 18.2 Å². The van der Waals surface area contributed by atoms with Gasteiger partial charge in [-0.2, -0.15) is 5.10 Å².